The van der Waals surface area contributed by atoms with Crippen LogP contribution >= 0.6 is 11.3 Å². The van der Waals surface area contributed by atoms with E-state index in [1.807, 2.05) is 24.4 Å². The van der Waals surface area contributed by atoms with Crippen molar-refractivity contribution in [1.82, 2.24) is 5.32 Å². The van der Waals surface area contributed by atoms with Gasteiger partial charge in [0.1, 0.15) is 0 Å². The van der Waals surface area contributed by atoms with Crippen LogP contribution in [0.25, 0.3) is 0 Å². The summed E-state index contributed by atoms with van der Waals surface area (Å²) in [6.07, 6.45) is 0. The summed E-state index contributed by atoms with van der Waals surface area (Å²) in [6, 6.07) is 10.1. The molecule has 0 saturated carbocycles. The first-order valence-corrected chi connectivity index (χ1v) is 6.87. The zero-order chi connectivity index (χ0) is 13.1. The van der Waals surface area contributed by atoms with E-state index in [4.69, 9.17) is 0 Å². The monoisotopic (exact) mass is 259 g/mol. The standard InChI is InChI=1S/C15H17NOS/c1-10-6-7-13(11(2)9-10)12(3)16-15(17)14-5-4-8-18-14/h4-9,12H,1-3H3,(H,16,17)/t12-/m0/s1. The number of hydrogen-bond acceptors (Lipinski definition) is 2. The van der Waals surface area contributed by atoms with Gasteiger partial charge < -0.3 is 5.32 Å². The Balaban J connectivity index is 2.12. The number of rotatable bonds is 3. The van der Waals surface area contributed by atoms with Gasteiger partial charge in [0.25, 0.3) is 5.91 Å². The van der Waals surface area contributed by atoms with Gasteiger partial charge in [0.05, 0.1) is 10.9 Å². The predicted molar refractivity (Wildman–Crippen MR) is 76.1 cm³/mol. The molecule has 1 N–H and O–H groups in total. The Labute approximate surface area is 112 Å². The first-order chi connectivity index (χ1) is 8.58. The van der Waals surface area contributed by atoms with Crippen molar-refractivity contribution in [3.05, 3.63) is 57.3 Å². The average molecular weight is 259 g/mol. The molecule has 0 bridgehead atoms. The number of nitrogens with one attached hydrogen (secondary N) is 1. The van der Waals surface area contributed by atoms with Gasteiger partial charge in [-0.2, -0.15) is 0 Å². The molecular weight excluding hydrogens is 242 g/mol. The molecule has 2 nitrogen and oxygen atoms in total. The van der Waals surface area contributed by atoms with Crippen LogP contribution in [0.15, 0.2) is 35.7 Å². The molecule has 0 aliphatic rings. The highest BCUT2D eigenvalue weighted by Crippen LogP contribution is 2.19. The summed E-state index contributed by atoms with van der Waals surface area (Å²) in [4.78, 5) is 12.7. The van der Waals surface area contributed by atoms with Crippen molar-refractivity contribution in [3.8, 4) is 0 Å². The molecule has 0 fully saturated rings. The fourth-order valence-corrected chi connectivity index (χ4v) is 2.69. The van der Waals surface area contributed by atoms with Gasteiger partial charge in [0, 0.05) is 0 Å². The van der Waals surface area contributed by atoms with Crippen LogP contribution in [0.5, 0.6) is 0 Å². The number of hydrogen-bond donors (Lipinski definition) is 1. The Morgan fingerprint density at radius 1 is 1.28 bits per heavy atom. The second kappa shape index (κ2) is 5.36. The Morgan fingerprint density at radius 2 is 2.06 bits per heavy atom. The van der Waals surface area contributed by atoms with Crippen LogP contribution in [0.1, 0.15) is 39.3 Å². The quantitative estimate of drug-likeness (QED) is 0.891. The van der Waals surface area contributed by atoms with E-state index in [9.17, 15) is 4.79 Å². The van der Waals surface area contributed by atoms with Gasteiger partial charge in [-0.15, -0.1) is 11.3 Å². The van der Waals surface area contributed by atoms with Crippen LogP contribution in [-0.2, 0) is 0 Å². The fraction of sp³-hybridized carbons (Fsp3) is 0.267. The lowest BCUT2D eigenvalue weighted by Crippen LogP contribution is -2.26. The van der Waals surface area contributed by atoms with Crippen molar-refractivity contribution in [2.24, 2.45) is 0 Å². The molecule has 0 aliphatic carbocycles. The van der Waals surface area contributed by atoms with E-state index in [1.165, 1.54) is 28.0 Å². The summed E-state index contributed by atoms with van der Waals surface area (Å²) in [7, 11) is 0. The highest BCUT2D eigenvalue weighted by molar-refractivity contribution is 7.12. The van der Waals surface area contributed by atoms with E-state index < -0.39 is 0 Å². The van der Waals surface area contributed by atoms with Crippen LogP contribution in [0.2, 0.25) is 0 Å². The van der Waals surface area contributed by atoms with Gasteiger partial charge >= 0.3 is 0 Å². The summed E-state index contributed by atoms with van der Waals surface area (Å²) in [6.45, 7) is 6.17. The molecule has 0 spiro atoms. The summed E-state index contributed by atoms with van der Waals surface area (Å²) in [5, 5.41) is 4.94. The number of amides is 1. The summed E-state index contributed by atoms with van der Waals surface area (Å²) < 4.78 is 0. The van der Waals surface area contributed by atoms with Crippen molar-refractivity contribution < 1.29 is 4.79 Å². The summed E-state index contributed by atoms with van der Waals surface area (Å²) >= 11 is 1.46. The van der Waals surface area contributed by atoms with E-state index in [1.54, 1.807) is 0 Å². The molecule has 1 atom stereocenters. The van der Waals surface area contributed by atoms with Crippen LogP contribution in [-0.4, -0.2) is 5.91 Å². The van der Waals surface area contributed by atoms with Crippen molar-refractivity contribution in [3.63, 3.8) is 0 Å². The number of carbonyl (C=O) groups excluding carboxylic acids is 1. The van der Waals surface area contributed by atoms with Crippen LogP contribution in [0.3, 0.4) is 0 Å². The second-order valence-electron chi connectivity index (χ2n) is 4.53. The molecule has 0 saturated heterocycles. The minimum Gasteiger partial charge on any atom is -0.345 e. The lowest BCUT2D eigenvalue weighted by atomic mass is 10.0. The van der Waals surface area contributed by atoms with Gasteiger partial charge in [0.2, 0.25) is 0 Å². The Morgan fingerprint density at radius 3 is 2.67 bits per heavy atom. The maximum atomic E-state index is 12.0. The highest BCUT2D eigenvalue weighted by atomic mass is 32.1. The van der Waals surface area contributed by atoms with Crippen molar-refractivity contribution in [1.29, 1.82) is 0 Å². The lowest BCUT2D eigenvalue weighted by Gasteiger charge is -2.16. The van der Waals surface area contributed by atoms with Crippen molar-refractivity contribution in [2.45, 2.75) is 26.8 Å². The third-order valence-electron chi connectivity index (χ3n) is 2.98. The van der Waals surface area contributed by atoms with Gasteiger partial charge in [-0.1, -0.05) is 29.8 Å². The predicted octanol–water partition coefficient (Wildman–Crippen LogP) is 3.86. The second-order valence-corrected chi connectivity index (χ2v) is 5.48. The molecule has 1 heterocycles. The number of thiophene rings is 1. The topological polar surface area (TPSA) is 29.1 Å². The fourth-order valence-electron chi connectivity index (χ4n) is 2.06. The third-order valence-corrected chi connectivity index (χ3v) is 3.85. The van der Waals surface area contributed by atoms with E-state index in [0.29, 0.717) is 0 Å². The normalized spacial score (nSPS) is 12.2. The van der Waals surface area contributed by atoms with E-state index in [2.05, 4.69) is 37.4 Å². The average Bonchev–Trinajstić information content (AvgIpc) is 2.81. The lowest BCUT2D eigenvalue weighted by molar-refractivity contribution is 0.0944. The minimum absolute atomic E-state index is 0.00234. The van der Waals surface area contributed by atoms with Gasteiger partial charge in [-0.05, 0) is 43.3 Å². The Kier molecular flexibility index (Phi) is 3.82. The SMILES string of the molecule is Cc1ccc([C@H](C)NC(=O)c2cccs2)c(C)c1. The minimum atomic E-state index is -0.00234. The van der Waals surface area contributed by atoms with Crippen LogP contribution in [0.4, 0.5) is 0 Å². The molecule has 2 aromatic rings. The molecule has 1 aromatic carbocycles. The first-order valence-electron chi connectivity index (χ1n) is 5.99. The maximum Gasteiger partial charge on any atom is 0.261 e. The Bertz CT molecular complexity index is 546. The van der Waals surface area contributed by atoms with Gasteiger partial charge in [-0.3, -0.25) is 4.79 Å². The molecule has 18 heavy (non-hydrogen) atoms. The van der Waals surface area contributed by atoms with Crippen LogP contribution in [0, 0.1) is 13.8 Å². The molecule has 0 aliphatic heterocycles. The molecule has 0 unspecified atom stereocenters. The largest absolute Gasteiger partial charge is 0.345 e. The summed E-state index contributed by atoms with van der Waals surface area (Å²) in [5.74, 6) is -0.00234. The van der Waals surface area contributed by atoms with E-state index >= 15 is 0 Å². The smallest absolute Gasteiger partial charge is 0.261 e. The van der Waals surface area contributed by atoms with E-state index in [-0.39, 0.29) is 11.9 Å². The molecule has 3 heteroatoms. The molecule has 2 rings (SSSR count). The zero-order valence-corrected chi connectivity index (χ0v) is 11.7. The van der Waals surface area contributed by atoms with Gasteiger partial charge in [0.15, 0.2) is 0 Å². The maximum absolute atomic E-state index is 12.0. The Hall–Kier alpha value is -1.61. The van der Waals surface area contributed by atoms with Crippen LogP contribution < -0.4 is 5.32 Å². The first kappa shape index (κ1) is 12.8. The molecule has 1 amide bonds. The molecular formula is C15H17NOS. The summed E-state index contributed by atoms with van der Waals surface area (Å²) in [5.41, 5.74) is 3.63. The number of benzene rings is 1. The molecule has 94 valence electrons. The zero-order valence-electron chi connectivity index (χ0n) is 10.9. The van der Waals surface area contributed by atoms with Crippen molar-refractivity contribution >= 4 is 17.2 Å². The highest BCUT2D eigenvalue weighted by Gasteiger charge is 2.13. The third kappa shape index (κ3) is 2.79. The molecule has 1 aromatic heterocycles. The van der Waals surface area contributed by atoms with Gasteiger partial charge in [-0.25, -0.2) is 0 Å². The molecule has 0 radical (unpaired) electrons. The number of aryl methyl sites for hydroxylation is 2. The van der Waals surface area contributed by atoms with Crippen molar-refractivity contribution in [2.75, 3.05) is 0 Å². The van der Waals surface area contributed by atoms with E-state index in [0.717, 1.165) is 4.88 Å². The number of carbonyl (C=O) groups is 1.